The topological polar surface area (TPSA) is 69.6 Å². The highest BCUT2D eigenvalue weighted by atomic mass is 131. The van der Waals surface area contributed by atoms with Crippen molar-refractivity contribution in [2.45, 2.75) is 115 Å². The van der Waals surface area contributed by atoms with E-state index in [0.29, 0.717) is 17.4 Å². The summed E-state index contributed by atoms with van der Waals surface area (Å²) in [7, 11) is 1.32. The smallest absolute Gasteiger partial charge is 0.265 e. The van der Waals surface area contributed by atoms with Gasteiger partial charge in [0.25, 0.3) is 7.82 Å². The number of phosphoric ester groups is 1. The van der Waals surface area contributed by atoms with Gasteiger partial charge in [-0.25, -0.2) is 0 Å². The average molecular weight is 628 g/mol. The third kappa shape index (κ3) is 21.8. The number of likely N-dealkylation sites (N-methyl/N-ethyl adjacent to an activating group) is 1. The monoisotopic (exact) mass is 627 g/mol. The quantitative estimate of drug-likeness (QED) is 0.0622. The van der Waals surface area contributed by atoms with Crippen molar-refractivity contribution in [3.8, 4) is 0 Å². The maximum absolute atomic E-state index is 11.1. The van der Waals surface area contributed by atoms with E-state index in [-0.39, 0.29) is 0 Å². The number of benzene rings is 1. The Kier molecular flexibility index (Phi) is 18.1. The Hall–Kier alpha value is 0.0200. The highest BCUT2D eigenvalue weighted by molar-refractivity contribution is 14.1. The molecule has 1 N–H and O–H groups in total. The van der Waals surface area contributed by atoms with Crippen molar-refractivity contribution in [1.82, 2.24) is 0 Å². The molecule has 1 aromatic carbocycles. The van der Waals surface area contributed by atoms with Crippen LogP contribution in [0.1, 0.15) is 108 Å². The first-order valence-electron chi connectivity index (χ1n) is 13.8. The van der Waals surface area contributed by atoms with Gasteiger partial charge in [-0.15, -0.1) is 0 Å². The Balaban J connectivity index is 1.86. The third-order valence-electron chi connectivity index (χ3n) is 6.44. The highest BCUT2D eigenvalue weighted by Crippen LogP contribution is 2.34. The van der Waals surface area contributed by atoms with Crippen LogP contribution in [0.4, 0.5) is 0 Å². The zero-order chi connectivity index (χ0) is 26.0. The molecule has 0 aliphatic heterocycles. The zero-order valence-corrected chi connectivity index (χ0v) is 25.6. The van der Waals surface area contributed by atoms with Crippen LogP contribution in [-0.2, 0) is 15.5 Å². The third-order valence-corrected chi connectivity index (χ3v) is 7.72. The fraction of sp³-hybridized carbons (Fsp3) is 0.786. The van der Waals surface area contributed by atoms with Gasteiger partial charge >= 0.3 is 0 Å². The van der Waals surface area contributed by atoms with E-state index in [1.165, 1.54) is 99.0 Å². The highest BCUT2D eigenvalue weighted by Gasteiger charge is 2.22. The number of hydrogen-bond acceptors (Lipinski definition) is 3. The second kappa shape index (κ2) is 19.1. The van der Waals surface area contributed by atoms with Crippen molar-refractivity contribution in [3.05, 3.63) is 33.4 Å². The number of unbranched alkanes of at least 4 members (excludes halogenated alkanes) is 14. The van der Waals surface area contributed by atoms with Crippen LogP contribution in [0.5, 0.6) is 0 Å². The molecule has 2 atom stereocenters. The molecule has 7 heteroatoms. The molecule has 0 radical (unpaired) electrons. The molecular weight excluding hydrogens is 576 g/mol. The van der Waals surface area contributed by atoms with Crippen LogP contribution >= 0.6 is 30.4 Å². The first-order chi connectivity index (χ1) is 16.6. The van der Waals surface area contributed by atoms with E-state index < -0.39 is 13.9 Å². The second-order valence-corrected chi connectivity index (χ2v) is 13.5. The van der Waals surface area contributed by atoms with E-state index in [1.807, 2.05) is 21.1 Å². The normalized spacial score (nSPS) is 14.7. The molecule has 35 heavy (non-hydrogen) atoms. The molecule has 0 fully saturated rings. The van der Waals surface area contributed by atoms with E-state index in [1.54, 1.807) is 0 Å². The summed E-state index contributed by atoms with van der Waals surface area (Å²) in [5.41, 5.74) is 1.47. The lowest BCUT2D eigenvalue weighted by Crippen LogP contribution is -2.42. The van der Waals surface area contributed by atoms with Gasteiger partial charge in [0.2, 0.25) is 0 Å². The second-order valence-electron chi connectivity index (χ2n) is 11.1. The summed E-state index contributed by atoms with van der Waals surface area (Å²) in [5.74, 6) is 0. The Bertz CT molecular complexity index is 687. The number of phosphoric acid groups is 1. The van der Waals surface area contributed by atoms with Gasteiger partial charge in [0.1, 0.15) is 12.6 Å². The summed E-state index contributed by atoms with van der Waals surface area (Å²) in [4.78, 5) is 20.1. The fourth-order valence-corrected chi connectivity index (χ4v) is 5.54. The van der Waals surface area contributed by atoms with Crippen molar-refractivity contribution in [2.24, 2.45) is 0 Å². The zero-order valence-electron chi connectivity index (χ0n) is 22.6. The lowest BCUT2D eigenvalue weighted by atomic mass is 10.0. The van der Waals surface area contributed by atoms with Crippen LogP contribution < -0.4 is 4.89 Å². The predicted molar refractivity (Wildman–Crippen MR) is 154 cm³/mol. The lowest BCUT2D eigenvalue weighted by Gasteiger charge is -2.31. The Labute approximate surface area is 229 Å². The van der Waals surface area contributed by atoms with Gasteiger partial charge in [-0.1, -0.05) is 102 Å². The van der Waals surface area contributed by atoms with Crippen molar-refractivity contribution in [3.63, 3.8) is 0 Å². The van der Waals surface area contributed by atoms with Crippen LogP contribution in [0.25, 0.3) is 0 Å². The molecule has 0 spiro atoms. The molecule has 0 aliphatic rings. The van der Waals surface area contributed by atoms with Gasteiger partial charge in [-0.05, 0) is 59.5 Å². The number of hydrogen-bond donors (Lipinski definition) is 1. The average Bonchev–Trinajstić information content (AvgIpc) is 2.75. The molecule has 0 heterocycles. The fourth-order valence-electron chi connectivity index (χ4n) is 4.63. The van der Waals surface area contributed by atoms with Crippen molar-refractivity contribution >= 4 is 30.4 Å². The minimum Gasteiger partial charge on any atom is -0.756 e. The summed E-state index contributed by atoms with van der Waals surface area (Å²) in [6.07, 6.45) is 20.9. The molecule has 1 rings (SSSR count). The van der Waals surface area contributed by atoms with Gasteiger partial charge in [0, 0.05) is 3.57 Å². The van der Waals surface area contributed by atoms with Gasteiger partial charge in [-0.3, -0.25) is 4.57 Å². The summed E-state index contributed by atoms with van der Waals surface area (Å²) in [6.45, 7) is 0.570. The predicted octanol–water partition coefficient (Wildman–Crippen LogP) is 7.63. The molecule has 0 bridgehead atoms. The SMILES string of the molecule is C[N+](C)(C)CC(CCCCCCCCCCCCCCCCCc1ccc([131I])cc1)OP(=O)([O-])O. The van der Waals surface area contributed by atoms with Crippen LogP contribution in [0.2, 0.25) is 0 Å². The first kappa shape index (κ1) is 33.0. The van der Waals surface area contributed by atoms with Crippen molar-refractivity contribution < 1.29 is 23.4 Å². The summed E-state index contributed by atoms with van der Waals surface area (Å²) in [6, 6.07) is 8.93. The van der Waals surface area contributed by atoms with Crippen molar-refractivity contribution in [2.75, 3.05) is 27.7 Å². The van der Waals surface area contributed by atoms with Crippen LogP contribution in [-0.4, -0.2) is 43.2 Å². The minimum absolute atomic E-state index is 0.443. The standard InChI is InChI=1S/C28H51INO4P/c1-30(2,3)25-28(34-35(31,32)33)20-18-16-14-12-10-8-6-4-5-7-9-11-13-15-17-19-26-21-23-27(29)24-22-26/h21-24,28H,4-20,25H2,1-3H3,(H-,31,32,33)/i29+4. The van der Waals surface area contributed by atoms with Gasteiger partial charge in [0.15, 0.2) is 0 Å². The summed E-state index contributed by atoms with van der Waals surface area (Å²) in [5, 5.41) is 0. The largest absolute Gasteiger partial charge is 0.756 e. The summed E-state index contributed by atoms with van der Waals surface area (Å²) < 4.78 is 17.9. The van der Waals surface area contributed by atoms with E-state index >= 15 is 0 Å². The minimum atomic E-state index is -4.67. The molecule has 2 unspecified atom stereocenters. The molecule has 0 saturated carbocycles. The molecule has 0 aromatic heterocycles. The van der Waals surface area contributed by atoms with Gasteiger partial charge < -0.3 is 18.8 Å². The molecule has 0 aliphatic carbocycles. The van der Waals surface area contributed by atoms with Crippen LogP contribution in [0, 0.1) is 3.57 Å². The maximum atomic E-state index is 11.1. The van der Waals surface area contributed by atoms with E-state index in [2.05, 4.69) is 46.9 Å². The molecule has 1 aromatic rings. The van der Waals surface area contributed by atoms with E-state index in [9.17, 15) is 9.46 Å². The maximum Gasteiger partial charge on any atom is 0.265 e. The summed E-state index contributed by atoms with van der Waals surface area (Å²) >= 11 is 2.36. The number of halogens is 1. The van der Waals surface area contributed by atoms with Crippen molar-refractivity contribution in [1.29, 1.82) is 0 Å². The van der Waals surface area contributed by atoms with Gasteiger partial charge in [0.05, 0.1) is 21.1 Å². The Morgan fingerprint density at radius 2 is 1.20 bits per heavy atom. The molecule has 0 amide bonds. The van der Waals surface area contributed by atoms with Gasteiger partial charge in [-0.2, -0.15) is 0 Å². The van der Waals surface area contributed by atoms with Crippen LogP contribution in [0.3, 0.4) is 0 Å². The number of quaternary nitrogens is 1. The van der Waals surface area contributed by atoms with E-state index in [0.717, 1.165) is 12.8 Å². The molecule has 5 nitrogen and oxygen atoms in total. The molecular formula is C28H51INO4P. The Morgan fingerprint density at radius 3 is 1.60 bits per heavy atom. The number of rotatable bonds is 22. The molecule has 204 valence electrons. The van der Waals surface area contributed by atoms with Crippen LogP contribution in [0.15, 0.2) is 24.3 Å². The number of nitrogens with zero attached hydrogens (tertiary/aromatic N) is 1. The lowest BCUT2D eigenvalue weighted by molar-refractivity contribution is -0.873. The first-order valence-corrected chi connectivity index (χ1v) is 16.4. The molecule has 0 saturated heterocycles. The Morgan fingerprint density at radius 1 is 0.800 bits per heavy atom. The van der Waals surface area contributed by atoms with E-state index in [4.69, 9.17) is 9.42 Å². The number of aryl methyl sites for hydroxylation is 1.